The second-order valence-electron chi connectivity index (χ2n) is 5.62. The molecule has 0 spiro atoms. The lowest BCUT2D eigenvalue weighted by molar-refractivity contribution is 0.102. The lowest BCUT2D eigenvalue weighted by Gasteiger charge is -2.08. The van der Waals surface area contributed by atoms with Crippen LogP contribution in [-0.4, -0.2) is 21.1 Å². The molecule has 0 fully saturated rings. The Morgan fingerprint density at radius 3 is 2.73 bits per heavy atom. The number of anilines is 1. The van der Waals surface area contributed by atoms with Crippen LogP contribution in [0.4, 0.5) is 10.1 Å². The number of rotatable bonds is 3. The lowest BCUT2D eigenvalue weighted by Crippen LogP contribution is -2.12. The summed E-state index contributed by atoms with van der Waals surface area (Å²) in [4.78, 5) is 16.9. The Kier molecular flexibility index (Phi) is 4.22. The average Bonchev–Trinajstić information content (AvgIpc) is 3.15. The molecule has 5 nitrogen and oxygen atoms in total. The summed E-state index contributed by atoms with van der Waals surface area (Å²) in [6.45, 7) is 0. The van der Waals surface area contributed by atoms with E-state index in [1.807, 2.05) is 18.2 Å². The number of benzene rings is 2. The monoisotopic (exact) mass is 410 g/mol. The van der Waals surface area contributed by atoms with Crippen LogP contribution in [0.5, 0.6) is 0 Å². The molecule has 0 saturated carbocycles. The van der Waals surface area contributed by atoms with Crippen molar-refractivity contribution in [2.24, 2.45) is 0 Å². The molecule has 4 aromatic rings. The zero-order valence-corrected chi connectivity index (χ0v) is 14.9. The first kappa shape index (κ1) is 16.4. The van der Waals surface area contributed by atoms with Crippen LogP contribution in [0.15, 0.2) is 65.3 Å². The number of amides is 1. The minimum atomic E-state index is -0.333. The van der Waals surface area contributed by atoms with E-state index in [4.69, 9.17) is 0 Å². The molecule has 0 atom stereocenters. The van der Waals surface area contributed by atoms with E-state index in [2.05, 4.69) is 36.4 Å². The fourth-order valence-electron chi connectivity index (χ4n) is 2.63. The fraction of sp³-hybridized carbons (Fsp3) is 0. The lowest BCUT2D eigenvalue weighted by atomic mass is 10.1. The molecule has 0 aliphatic rings. The second kappa shape index (κ2) is 6.68. The van der Waals surface area contributed by atoms with Gasteiger partial charge in [0.25, 0.3) is 5.91 Å². The normalized spacial score (nSPS) is 10.8. The van der Waals surface area contributed by atoms with Crippen molar-refractivity contribution in [3.63, 3.8) is 0 Å². The van der Waals surface area contributed by atoms with Gasteiger partial charge in [-0.2, -0.15) is 5.10 Å². The molecule has 26 heavy (non-hydrogen) atoms. The van der Waals surface area contributed by atoms with Gasteiger partial charge in [0.15, 0.2) is 0 Å². The number of nitrogens with one attached hydrogen (secondary N) is 2. The first-order valence-corrected chi connectivity index (χ1v) is 8.57. The predicted octanol–water partition coefficient (Wildman–Crippen LogP) is 4.78. The summed E-state index contributed by atoms with van der Waals surface area (Å²) >= 11 is 3.48. The van der Waals surface area contributed by atoms with Gasteiger partial charge in [0.05, 0.1) is 16.9 Å². The molecule has 2 aromatic heterocycles. The maximum atomic E-state index is 13.0. The smallest absolute Gasteiger partial charge is 0.273 e. The molecule has 2 heterocycles. The predicted molar refractivity (Wildman–Crippen MR) is 101 cm³/mol. The van der Waals surface area contributed by atoms with E-state index in [1.54, 1.807) is 30.5 Å². The standard InChI is InChI=1S/C19H12BrFN4O/c20-14-7-8-15(18-13(14)2-1-9-22-18)23-19(26)17-10-16(24-25-17)11-3-5-12(21)6-4-11/h1-10H,(H,23,26)(H,24,25). The quantitative estimate of drug-likeness (QED) is 0.510. The van der Waals surface area contributed by atoms with Crippen molar-refractivity contribution in [3.05, 3.63) is 76.8 Å². The Labute approximate surface area is 156 Å². The molecule has 4 rings (SSSR count). The van der Waals surface area contributed by atoms with E-state index in [9.17, 15) is 9.18 Å². The minimum Gasteiger partial charge on any atom is -0.319 e. The van der Waals surface area contributed by atoms with Crippen LogP contribution in [0.25, 0.3) is 22.2 Å². The van der Waals surface area contributed by atoms with E-state index in [0.29, 0.717) is 22.6 Å². The molecular formula is C19H12BrFN4O. The van der Waals surface area contributed by atoms with Crippen molar-refractivity contribution in [1.82, 2.24) is 15.2 Å². The summed E-state index contributed by atoms with van der Waals surface area (Å²) in [5, 5.41) is 10.6. The van der Waals surface area contributed by atoms with Gasteiger partial charge in [-0.15, -0.1) is 0 Å². The van der Waals surface area contributed by atoms with Crippen molar-refractivity contribution in [1.29, 1.82) is 0 Å². The van der Waals surface area contributed by atoms with Gasteiger partial charge >= 0.3 is 0 Å². The van der Waals surface area contributed by atoms with Crippen LogP contribution in [0.1, 0.15) is 10.5 Å². The van der Waals surface area contributed by atoms with Crippen LogP contribution >= 0.6 is 15.9 Å². The highest BCUT2D eigenvalue weighted by Gasteiger charge is 2.14. The van der Waals surface area contributed by atoms with Gasteiger partial charge in [-0.1, -0.05) is 22.0 Å². The third-order valence-corrected chi connectivity index (χ3v) is 4.62. The summed E-state index contributed by atoms with van der Waals surface area (Å²) in [5.41, 5.74) is 2.88. The summed E-state index contributed by atoms with van der Waals surface area (Å²) in [6.07, 6.45) is 1.67. The number of H-pyrrole nitrogens is 1. The highest BCUT2D eigenvalue weighted by Crippen LogP contribution is 2.28. The number of fused-ring (bicyclic) bond motifs is 1. The van der Waals surface area contributed by atoms with Gasteiger partial charge in [0.1, 0.15) is 11.5 Å². The Balaban J connectivity index is 1.62. The minimum absolute atomic E-state index is 0.302. The summed E-state index contributed by atoms with van der Waals surface area (Å²) in [5.74, 6) is -0.656. The highest BCUT2D eigenvalue weighted by atomic mass is 79.9. The number of hydrogen-bond acceptors (Lipinski definition) is 3. The van der Waals surface area contributed by atoms with E-state index >= 15 is 0 Å². The van der Waals surface area contributed by atoms with Crippen LogP contribution in [0, 0.1) is 5.82 Å². The Morgan fingerprint density at radius 1 is 1.12 bits per heavy atom. The first-order chi connectivity index (χ1) is 12.6. The van der Waals surface area contributed by atoms with Crippen LogP contribution < -0.4 is 5.32 Å². The van der Waals surface area contributed by atoms with Crippen molar-refractivity contribution < 1.29 is 9.18 Å². The van der Waals surface area contributed by atoms with E-state index in [-0.39, 0.29) is 11.7 Å². The number of hydrogen-bond donors (Lipinski definition) is 2. The van der Waals surface area contributed by atoms with Gasteiger partial charge in [0.2, 0.25) is 0 Å². The number of aromatic amines is 1. The number of aromatic nitrogens is 3. The van der Waals surface area contributed by atoms with Crippen molar-refractivity contribution in [2.45, 2.75) is 0 Å². The molecule has 0 aliphatic carbocycles. The Bertz CT molecular complexity index is 1110. The van der Waals surface area contributed by atoms with Crippen molar-refractivity contribution in [2.75, 3.05) is 5.32 Å². The van der Waals surface area contributed by atoms with Crippen molar-refractivity contribution in [3.8, 4) is 11.3 Å². The molecule has 2 aromatic carbocycles. The van der Waals surface area contributed by atoms with Crippen LogP contribution in [0.2, 0.25) is 0 Å². The number of carbonyl (C=O) groups is 1. The van der Waals surface area contributed by atoms with Gasteiger partial charge in [-0.3, -0.25) is 14.9 Å². The van der Waals surface area contributed by atoms with Gasteiger partial charge < -0.3 is 5.32 Å². The fourth-order valence-corrected chi connectivity index (χ4v) is 3.09. The maximum absolute atomic E-state index is 13.0. The molecule has 7 heteroatoms. The molecule has 2 N–H and O–H groups in total. The Hall–Kier alpha value is -3.06. The average molecular weight is 411 g/mol. The molecule has 128 valence electrons. The van der Waals surface area contributed by atoms with Gasteiger partial charge in [-0.25, -0.2) is 4.39 Å². The van der Waals surface area contributed by atoms with Crippen LogP contribution in [-0.2, 0) is 0 Å². The number of pyridine rings is 1. The van der Waals surface area contributed by atoms with Gasteiger partial charge in [0, 0.05) is 21.6 Å². The molecule has 0 unspecified atom stereocenters. The molecule has 0 aliphatic heterocycles. The Morgan fingerprint density at radius 2 is 1.92 bits per heavy atom. The number of nitrogens with zero attached hydrogens (tertiary/aromatic N) is 2. The molecular weight excluding hydrogens is 399 g/mol. The van der Waals surface area contributed by atoms with E-state index < -0.39 is 0 Å². The highest BCUT2D eigenvalue weighted by molar-refractivity contribution is 9.10. The SMILES string of the molecule is O=C(Nc1ccc(Br)c2cccnc12)c1cc(-c2ccc(F)cc2)n[nH]1. The largest absolute Gasteiger partial charge is 0.319 e. The van der Waals surface area contributed by atoms with Gasteiger partial charge in [-0.05, 0) is 48.5 Å². The summed E-state index contributed by atoms with van der Waals surface area (Å²) in [6, 6.07) is 14.9. The summed E-state index contributed by atoms with van der Waals surface area (Å²) in [7, 11) is 0. The molecule has 0 radical (unpaired) electrons. The van der Waals surface area contributed by atoms with E-state index in [1.165, 1.54) is 12.1 Å². The number of carbonyl (C=O) groups excluding carboxylic acids is 1. The zero-order chi connectivity index (χ0) is 18.1. The number of halogens is 2. The maximum Gasteiger partial charge on any atom is 0.273 e. The zero-order valence-electron chi connectivity index (χ0n) is 13.3. The molecule has 0 bridgehead atoms. The summed E-state index contributed by atoms with van der Waals surface area (Å²) < 4.78 is 13.9. The topological polar surface area (TPSA) is 70.7 Å². The third kappa shape index (κ3) is 3.09. The second-order valence-corrected chi connectivity index (χ2v) is 6.48. The van der Waals surface area contributed by atoms with Crippen LogP contribution in [0.3, 0.4) is 0 Å². The van der Waals surface area contributed by atoms with E-state index in [0.717, 1.165) is 15.4 Å². The first-order valence-electron chi connectivity index (χ1n) is 7.78. The third-order valence-electron chi connectivity index (χ3n) is 3.93. The molecule has 0 saturated heterocycles. The molecule has 1 amide bonds. The van der Waals surface area contributed by atoms with Crippen molar-refractivity contribution >= 4 is 38.4 Å².